The molecule has 2 amide bonds. The number of anilines is 1. The molecule has 0 aliphatic carbocycles. The standard InChI is InChI=1S/C22H17NO2/c24-21-19-14-13-17(12-11-16-7-3-1-4-8-16)15-20(19)22(25)23(21)18-9-5-2-6-10-18/h1-10,13-15H,11-12H2. The molecule has 3 nitrogen and oxygen atoms in total. The molecule has 1 heterocycles. The molecule has 3 heteroatoms. The number of imide groups is 1. The number of hydrogen-bond acceptors (Lipinski definition) is 2. The van der Waals surface area contributed by atoms with Crippen molar-refractivity contribution >= 4 is 17.5 Å². The predicted octanol–water partition coefficient (Wildman–Crippen LogP) is 4.27. The number of carbonyl (C=O) groups is 2. The van der Waals surface area contributed by atoms with E-state index in [-0.39, 0.29) is 11.8 Å². The Hall–Kier alpha value is -3.20. The molecule has 0 atom stereocenters. The second kappa shape index (κ2) is 6.36. The van der Waals surface area contributed by atoms with Gasteiger partial charge in [-0.05, 0) is 48.2 Å². The van der Waals surface area contributed by atoms with E-state index in [1.54, 1.807) is 18.2 Å². The average Bonchev–Trinajstić information content (AvgIpc) is 2.92. The lowest BCUT2D eigenvalue weighted by Crippen LogP contribution is -2.29. The second-order valence-corrected chi connectivity index (χ2v) is 6.15. The number of nitrogens with zero attached hydrogens (tertiary/aromatic N) is 1. The normalized spacial score (nSPS) is 13.2. The first-order valence-corrected chi connectivity index (χ1v) is 8.35. The Kier molecular flexibility index (Phi) is 3.90. The van der Waals surface area contributed by atoms with Gasteiger partial charge in [0.05, 0.1) is 16.8 Å². The second-order valence-electron chi connectivity index (χ2n) is 6.15. The lowest BCUT2D eigenvalue weighted by atomic mass is 10.0. The molecule has 25 heavy (non-hydrogen) atoms. The highest BCUT2D eigenvalue weighted by atomic mass is 16.2. The zero-order valence-corrected chi connectivity index (χ0v) is 13.7. The van der Waals surface area contributed by atoms with Gasteiger partial charge in [-0.1, -0.05) is 54.6 Å². The first-order valence-electron chi connectivity index (χ1n) is 8.35. The largest absolute Gasteiger partial charge is 0.268 e. The summed E-state index contributed by atoms with van der Waals surface area (Å²) in [6, 6.07) is 24.9. The van der Waals surface area contributed by atoms with Crippen LogP contribution < -0.4 is 4.90 Å². The maximum atomic E-state index is 12.7. The Morgan fingerprint density at radius 1 is 0.600 bits per heavy atom. The summed E-state index contributed by atoms with van der Waals surface area (Å²) in [6.45, 7) is 0. The van der Waals surface area contributed by atoms with Gasteiger partial charge >= 0.3 is 0 Å². The van der Waals surface area contributed by atoms with Crippen molar-refractivity contribution in [3.63, 3.8) is 0 Å². The molecule has 0 radical (unpaired) electrons. The summed E-state index contributed by atoms with van der Waals surface area (Å²) in [4.78, 5) is 26.6. The Labute approximate surface area is 146 Å². The molecule has 0 N–H and O–H groups in total. The van der Waals surface area contributed by atoms with Crippen LogP contribution in [0.3, 0.4) is 0 Å². The number of fused-ring (bicyclic) bond motifs is 1. The third-order valence-corrected chi connectivity index (χ3v) is 4.51. The summed E-state index contributed by atoms with van der Waals surface area (Å²) >= 11 is 0. The highest BCUT2D eigenvalue weighted by molar-refractivity contribution is 6.34. The molecular weight excluding hydrogens is 310 g/mol. The van der Waals surface area contributed by atoms with E-state index in [1.165, 1.54) is 10.5 Å². The molecule has 0 fully saturated rings. The summed E-state index contributed by atoms with van der Waals surface area (Å²) < 4.78 is 0. The Morgan fingerprint density at radius 2 is 1.20 bits per heavy atom. The fourth-order valence-corrected chi connectivity index (χ4v) is 3.19. The average molecular weight is 327 g/mol. The molecule has 0 aromatic heterocycles. The summed E-state index contributed by atoms with van der Waals surface area (Å²) in [7, 11) is 0. The van der Waals surface area contributed by atoms with Crippen molar-refractivity contribution in [2.75, 3.05) is 4.90 Å². The number of aryl methyl sites for hydroxylation is 2. The molecule has 0 saturated heterocycles. The van der Waals surface area contributed by atoms with Crippen LogP contribution in [0, 0.1) is 0 Å². The van der Waals surface area contributed by atoms with E-state index < -0.39 is 0 Å². The van der Waals surface area contributed by atoms with E-state index in [1.807, 2.05) is 48.5 Å². The predicted molar refractivity (Wildman–Crippen MR) is 97.9 cm³/mol. The first-order chi connectivity index (χ1) is 12.2. The third kappa shape index (κ3) is 2.85. The maximum Gasteiger partial charge on any atom is 0.266 e. The molecule has 3 aromatic carbocycles. The number of hydrogen-bond donors (Lipinski definition) is 0. The van der Waals surface area contributed by atoms with Crippen LogP contribution in [0.15, 0.2) is 78.9 Å². The van der Waals surface area contributed by atoms with Crippen molar-refractivity contribution in [3.05, 3.63) is 101 Å². The van der Waals surface area contributed by atoms with Crippen LogP contribution in [-0.2, 0) is 12.8 Å². The topological polar surface area (TPSA) is 37.4 Å². The van der Waals surface area contributed by atoms with Crippen LogP contribution in [0.25, 0.3) is 0 Å². The molecule has 1 aliphatic heterocycles. The zero-order valence-electron chi connectivity index (χ0n) is 13.7. The van der Waals surface area contributed by atoms with E-state index in [0.717, 1.165) is 18.4 Å². The van der Waals surface area contributed by atoms with Crippen LogP contribution in [0.4, 0.5) is 5.69 Å². The minimum absolute atomic E-state index is 0.243. The molecule has 0 unspecified atom stereocenters. The Balaban J connectivity index is 1.59. The molecular formula is C22H17NO2. The minimum atomic E-state index is -0.249. The molecule has 0 saturated carbocycles. The molecule has 4 rings (SSSR count). The van der Waals surface area contributed by atoms with Gasteiger partial charge in [0.25, 0.3) is 11.8 Å². The van der Waals surface area contributed by atoms with E-state index in [2.05, 4.69) is 12.1 Å². The smallest absolute Gasteiger partial charge is 0.266 e. The lowest BCUT2D eigenvalue weighted by Gasteiger charge is -2.13. The monoisotopic (exact) mass is 327 g/mol. The first kappa shape index (κ1) is 15.3. The maximum absolute atomic E-state index is 12.7. The van der Waals surface area contributed by atoms with Gasteiger partial charge in [-0.25, -0.2) is 4.90 Å². The number of benzene rings is 3. The lowest BCUT2D eigenvalue weighted by molar-refractivity contribution is 0.0926. The molecule has 0 spiro atoms. The third-order valence-electron chi connectivity index (χ3n) is 4.51. The number of rotatable bonds is 4. The van der Waals surface area contributed by atoms with Crippen LogP contribution in [-0.4, -0.2) is 11.8 Å². The number of amides is 2. The van der Waals surface area contributed by atoms with E-state index in [9.17, 15) is 9.59 Å². The van der Waals surface area contributed by atoms with Crippen molar-refractivity contribution in [1.82, 2.24) is 0 Å². The van der Waals surface area contributed by atoms with E-state index >= 15 is 0 Å². The van der Waals surface area contributed by atoms with Gasteiger partial charge in [0, 0.05) is 0 Å². The number of carbonyl (C=O) groups excluding carboxylic acids is 2. The summed E-state index contributed by atoms with van der Waals surface area (Å²) in [5, 5.41) is 0. The van der Waals surface area contributed by atoms with Crippen LogP contribution in [0.2, 0.25) is 0 Å². The summed E-state index contributed by atoms with van der Waals surface area (Å²) in [5.41, 5.74) is 3.92. The van der Waals surface area contributed by atoms with Gasteiger partial charge < -0.3 is 0 Å². The molecule has 122 valence electrons. The zero-order chi connectivity index (χ0) is 17.2. The quantitative estimate of drug-likeness (QED) is 0.671. The Bertz CT molecular complexity index is 933. The van der Waals surface area contributed by atoms with Crippen molar-refractivity contribution in [1.29, 1.82) is 0 Å². The van der Waals surface area contributed by atoms with Crippen molar-refractivity contribution in [2.24, 2.45) is 0 Å². The van der Waals surface area contributed by atoms with Crippen LogP contribution in [0.1, 0.15) is 31.8 Å². The minimum Gasteiger partial charge on any atom is -0.268 e. The van der Waals surface area contributed by atoms with Gasteiger partial charge in [-0.15, -0.1) is 0 Å². The van der Waals surface area contributed by atoms with Gasteiger partial charge in [-0.3, -0.25) is 9.59 Å². The van der Waals surface area contributed by atoms with Gasteiger partial charge in [0.2, 0.25) is 0 Å². The summed E-state index contributed by atoms with van der Waals surface area (Å²) in [5.74, 6) is -0.492. The van der Waals surface area contributed by atoms with E-state index in [0.29, 0.717) is 16.8 Å². The van der Waals surface area contributed by atoms with Crippen molar-refractivity contribution in [2.45, 2.75) is 12.8 Å². The highest BCUT2D eigenvalue weighted by Gasteiger charge is 2.36. The molecule has 1 aliphatic rings. The Morgan fingerprint density at radius 3 is 1.92 bits per heavy atom. The van der Waals surface area contributed by atoms with Gasteiger partial charge in [0.1, 0.15) is 0 Å². The van der Waals surface area contributed by atoms with Crippen molar-refractivity contribution in [3.8, 4) is 0 Å². The fraction of sp³-hybridized carbons (Fsp3) is 0.0909. The number of para-hydroxylation sites is 1. The molecule has 0 bridgehead atoms. The van der Waals surface area contributed by atoms with Crippen molar-refractivity contribution < 1.29 is 9.59 Å². The molecule has 3 aromatic rings. The van der Waals surface area contributed by atoms with Crippen LogP contribution in [0.5, 0.6) is 0 Å². The van der Waals surface area contributed by atoms with Gasteiger partial charge in [0.15, 0.2) is 0 Å². The summed E-state index contributed by atoms with van der Waals surface area (Å²) in [6.07, 6.45) is 1.74. The van der Waals surface area contributed by atoms with Gasteiger partial charge in [-0.2, -0.15) is 0 Å². The van der Waals surface area contributed by atoms with E-state index in [4.69, 9.17) is 0 Å². The van der Waals surface area contributed by atoms with Crippen LogP contribution >= 0.6 is 0 Å². The fourth-order valence-electron chi connectivity index (χ4n) is 3.19. The highest BCUT2D eigenvalue weighted by Crippen LogP contribution is 2.29. The SMILES string of the molecule is O=C1c2ccc(CCc3ccccc3)cc2C(=O)N1c1ccccc1.